The van der Waals surface area contributed by atoms with Gasteiger partial charge in [0.25, 0.3) is 5.91 Å². The van der Waals surface area contributed by atoms with E-state index in [1.807, 2.05) is 31.2 Å². The first-order valence-corrected chi connectivity index (χ1v) is 7.31. The molecule has 1 aromatic carbocycles. The number of urea groups is 1. The zero-order chi connectivity index (χ0) is 16.3. The average molecular weight is 303 g/mol. The number of rotatable bonds is 5. The highest BCUT2D eigenvalue weighted by molar-refractivity contribution is 6.06. The second kappa shape index (κ2) is 6.17. The second-order valence-electron chi connectivity index (χ2n) is 5.98. The Morgan fingerprint density at radius 1 is 1.27 bits per heavy atom. The molecule has 4 amide bonds. The van der Waals surface area contributed by atoms with Crippen LogP contribution in [0.4, 0.5) is 10.5 Å². The molecule has 1 aliphatic rings. The molecule has 0 atom stereocenters. The smallest absolute Gasteiger partial charge is 0.325 e. The van der Waals surface area contributed by atoms with Crippen LogP contribution in [-0.4, -0.2) is 34.8 Å². The third kappa shape index (κ3) is 3.44. The van der Waals surface area contributed by atoms with Crippen LogP contribution in [0.1, 0.15) is 32.3 Å². The van der Waals surface area contributed by atoms with Crippen LogP contribution in [0.3, 0.4) is 0 Å². The summed E-state index contributed by atoms with van der Waals surface area (Å²) in [5.74, 6) is -0.377. The highest BCUT2D eigenvalue weighted by atomic mass is 16.2. The molecule has 2 rings (SSSR count). The van der Waals surface area contributed by atoms with Crippen LogP contribution >= 0.6 is 0 Å². The summed E-state index contributed by atoms with van der Waals surface area (Å²) in [6, 6.07) is 7.13. The van der Waals surface area contributed by atoms with Gasteiger partial charge in [-0.2, -0.15) is 0 Å². The molecule has 0 spiro atoms. The molecule has 118 valence electrons. The number of benzene rings is 1. The maximum absolute atomic E-state index is 12.0. The summed E-state index contributed by atoms with van der Waals surface area (Å²) in [7, 11) is 0. The van der Waals surface area contributed by atoms with Gasteiger partial charge in [-0.3, -0.25) is 14.5 Å². The normalized spacial score (nSPS) is 16.6. The van der Waals surface area contributed by atoms with Crippen molar-refractivity contribution in [2.24, 2.45) is 0 Å². The zero-order valence-corrected chi connectivity index (χ0v) is 13.1. The molecule has 0 bridgehead atoms. The number of imide groups is 1. The van der Waals surface area contributed by atoms with Crippen molar-refractivity contribution in [1.82, 2.24) is 10.2 Å². The summed E-state index contributed by atoms with van der Waals surface area (Å²) in [5, 5.41) is 5.45. The van der Waals surface area contributed by atoms with Crippen molar-refractivity contribution in [2.45, 2.75) is 39.2 Å². The van der Waals surface area contributed by atoms with Crippen LogP contribution < -0.4 is 10.6 Å². The predicted octanol–water partition coefficient (Wildman–Crippen LogP) is 2.04. The number of hydrogen-bond acceptors (Lipinski definition) is 3. The van der Waals surface area contributed by atoms with Gasteiger partial charge in [-0.1, -0.05) is 18.2 Å². The van der Waals surface area contributed by atoms with E-state index in [0.717, 1.165) is 11.3 Å². The molecule has 6 heteroatoms. The Bertz CT molecular complexity index is 610. The highest BCUT2D eigenvalue weighted by Gasteiger charge is 2.43. The third-order valence-electron chi connectivity index (χ3n) is 3.65. The number of amides is 4. The van der Waals surface area contributed by atoms with Crippen molar-refractivity contribution in [3.05, 3.63) is 29.8 Å². The van der Waals surface area contributed by atoms with Crippen LogP contribution in [0.15, 0.2) is 24.3 Å². The van der Waals surface area contributed by atoms with Crippen molar-refractivity contribution in [3.8, 4) is 0 Å². The SMILES string of the molecule is Cc1ccccc1NC(=O)CCCN1C(=O)NC(C)(C)C1=O. The van der Waals surface area contributed by atoms with Crippen LogP contribution in [-0.2, 0) is 9.59 Å². The number of carbonyl (C=O) groups excluding carboxylic acids is 3. The van der Waals surface area contributed by atoms with E-state index in [1.165, 1.54) is 4.90 Å². The lowest BCUT2D eigenvalue weighted by atomic mass is 10.1. The molecule has 6 nitrogen and oxygen atoms in total. The minimum atomic E-state index is -0.861. The fourth-order valence-corrected chi connectivity index (χ4v) is 2.34. The monoisotopic (exact) mass is 303 g/mol. The van der Waals surface area contributed by atoms with Crippen LogP contribution in [0.5, 0.6) is 0 Å². The standard InChI is InChI=1S/C16H21N3O3/c1-11-7-4-5-8-12(11)17-13(20)9-6-10-19-14(21)16(2,3)18-15(19)22/h4-5,7-8H,6,9-10H2,1-3H3,(H,17,20)(H,18,22). The van der Waals surface area contributed by atoms with Gasteiger partial charge in [-0.25, -0.2) is 4.79 Å². The summed E-state index contributed by atoms with van der Waals surface area (Å²) in [6.07, 6.45) is 0.693. The number of para-hydroxylation sites is 1. The molecule has 1 aromatic rings. The van der Waals surface area contributed by atoms with E-state index in [0.29, 0.717) is 6.42 Å². The molecule has 0 radical (unpaired) electrons. The molecule has 0 aliphatic carbocycles. The minimum Gasteiger partial charge on any atom is -0.326 e. The van der Waals surface area contributed by atoms with E-state index >= 15 is 0 Å². The van der Waals surface area contributed by atoms with E-state index in [-0.39, 0.29) is 24.8 Å². The van der Waals surface area contributed by atoms with Gasteiger partial charge < -0.3 is 10.6 Å². The maximum Gasteiger partial charge on any atom is 0.325 e. The number of nitrogens with zero attached hydrogens (tertiary/aromatic N) is 1. The molecule has 0 saturated carbocycles. The molecule has 1 aliphatic heterocycles. The van der Waals surface area contributed by atoms with E-state index in [2.05, 4.69) is 10.6 Å². The molecular weight excluding hydrogens is 282 g/mol. The Labute approximate surface area is 129 Å². The number of nitrogens with one attached hydrogen (secondary N) is 2. The lowest BCUT2D eigenvalue weighted by Crippen LogP contribution is -2.40. The summed E-state index contributed by atoms with van der Waals surface area (Å²) in [5.41, 5.74) is 0.913. The number of anilines is 1. The fraction of sp³-hybridized carbons (Fsp3) is 0.438. The largest absolute Gasteiger partial charge is 0.326 e. The van der Waals surface area contributed by atoms with Gasteiger partial charge in [-0.15, -0.1) is 0 Å². The molecule has 0 unspecified atom stereocenters. The molecule has 22 heavy (non-hydrogen) atoms. The molecule has 1 fully saturated rings. The highest BCUT2D eigenvalue weighted by Crippen LogP contribution is 2.17. The number of carbonyl (C=O) groups is 3. The topological polar surface area (TPSA) is 78.5 Å². The molecule has 2 N–H and O–H groups in total. The first-order valence-electron chi connectivity index (χ1n) is 7.31. The quantitative estimate of drug-likeness (QED) is 0.817. The molecule has 1 saturated heterocycles. The van der Waals surface area contributed by atoms with E-state index in [4.69, 9.17) is 0 Å². The molecule has 0 aromatic heterocycles. The number of aryl methyl sites for hydroxylation is 1. The van der Waals surface area contributed by atoms with E-state index < -0.39 is 11.6 Å². The van der Waals surface area contributed by atoms with Gasteiger partial charge in [0.05, 0.1) is 0 Å². The fourth-order valence-electron chi connectivity index (χ4n) is 2.34. The Balaban J connectivity index is 1.82. The van der Waals surface area contributed by atoms with Crippen molar-refractivity contribution in [3.63, 3.8) is 0 Å². The van der Waals surface area contributed by atoms with E-state index in [9.17, 15) is 14.4 Å². The van der Waals surface area contributed by atoms with Crippen LogP contribution in [0.2, 0.25) is 0 Å². The van der Waals surface area contributed by atoms with Crippen LogP contribution in [0, 0.1) is 6.92 Å². The first-order chi connectivity index (χ1) is 10.3. The predicted molar refractivity (Wildman–Crippen MR) is 83.4 cm³/mol. The summed E-state index contributed by atoms with van der Waals surface area (Å²) >= 11 is 0. The minimum absolute atomic E-state index is 0.124. The van der Waals surface area contributed by atoms with Crippen molar-refractivity contribution >= 4 is 23.5 Å². The summed E-state index contributed by atoms with van der Waals surface area (Å²) in [4.78, 5) is 36.8. The van der Waals surface area contributed by atoms with Crippen molar-refractivity contribution in [2.75, 3.05) is 11.9 Å². The second-order valence-corrected chi connectivity index (χ2v) is 5.98. The summed E-state index contributed by atoms with van der Waals surface area (Å²) in [6.45, 7) is 5.50. The third-order valence-corrected chi connectivity index (χ3v) is 3.65. The maximum atomic E-state index is 12.0. The Morgan fingerprint density at radius 2 is 1.95 bits per heavy atom. The van der Waals surface area contributed by atoms with Gasteiger partial charge in [-0.05, 0) is 38.8 Å². The van der Waals surface area contributed by atoms with Gasteiger partial charge in [0.15, 0.2) is 0 Å². The van der Waals surface area contributed by atoms with Crippen LogP contribution in [0.25, 0.3) is 0 Å². The van der Waals surface area contributed by atoms with E-state index in [1.54, 1.807) is 13.8 Å². The average Bonchev–Trinajstić information content (AvgIpc) is 2.63. The van der Waals surface area contributed by atoms with Gasteiger partial charge >= 0.3 is 6.03 Å². The lowest BCUT2D eigenvalue weighted by molar-refractivity contribution is -0.130. The van der Waals surface area contributed by atoms with Gasteiger partial charge in [0, 0.05) is 18.7 Å². The Kier molecular flexibility index (Phi) is 4.49. The van der Waals surface area contributed by atoms with Gasteiger partial charge in [0.1, 0.15) is 5.54 Å². The number of hydrogen-bond donors (Lipinski definition) is 2. The van der Waals surface area contributed by atoms with Gasteiger partial charge in [0.2, 0.25) is 5.91 Å². The van der Waals surface area contributed by atoms with Crippen molar-refractivity contribution in [1.29, 1.82) is 0 Å². The van der Waals surface area contributed by atoms with Crippen molar-refractivity contribution < 1.29 is 14.4 Å². The summed E-state index contributed by atoms with van der Waals surface area (Å²) < 4.78 is 0. The lowest BCUT2D eigenvalue weighted by Gasteiger charge is -2.15. The first kappa shape index (κ1) is 16.0. The molecular formula is C16H21N3O3. The Morgan fingerprint density at radius 3 is 2.55 bits per heavy atom. The zero-order valence-electron chi connectivity index (χ0n) is 13.1. The molecule has 1 heterocycles. The Hall–Kier alpha value is -2.37.